The van der Waals surface area contributed by atoms with Crippen LogP contribution >= 0.6 is 0 Å². The molecule has 5 N–H and O–H groups in total. The van der Waals surface area contributed by atoms with E-state index in [1.54, 1.807) is 6.20 Å². The fourth-order valence-corrected chi connectivity index (χ4v) is 4.08. The van der Waals surface area contributed by atoms with Gasteiger partial charge in [-0.15, -0.1) is 0 Å². The Labute approximate surface area is 181 Å². The summed E-state index contributed by atoms with van der Waals surface area (Å²) in [4.78, 5) is 12.2. The molecule has 2 aromatic carbocycles. The molecule has 158 valence electrons. The average Bonchev–Trinajstić information content (AvgIpc) is 3.47. The molecule has 1 saturated heterocycles. The summed E-state index contributed by atoms with van der Waals surface area (Å²) in [5.41, 5.74) is 14.6. The van der Waals surface area contributed by atoms with Crippen molar-refractivity contribution in [2.75, 3.05) is 37.2 Å². The molecular weight excluding hydrogens is 386 g/mol. The number of para-hydroxylation sites is 1. The minimum Gasteiger partial charge on any atom is -0.369 e. The zero-order valence-corrected chi connectivity index (χ0v) is 17.4. The maximum atomic E-state index is 5.89. The van der Waals surface area contributed by atoms with Crippen molar-refractivity contribution in [2.45, 2.75) is 12.8 Å². The minimum absolute atomic E-state index is 0.277. The number of hydrazine groups is 1. The van der Waals surface area contributed by atoms with Gasteiger partial charge < -0.3 is 16.0 Å². The van der Waals surface area contributed by atoms with Crippen LogP contribution in [0.15, 0.2) is 60.8 Å². The largest absolute Gasteiger partial charge is 0.369 e. The number of nitrogens with two attached hydrogens (primary N) is 1. The first-order valence-electron chi connectivity index (χ1n) is 10.8. The van der Waals surface area contributed by atoms with E-state index in [-0.39, 0.29) is 5.95 Å². The van der Waals surface area contributed by atoms with Crippen molar-refractivity contribution < 1.29 is 0 Å². The number of hydrogen-bond donors (Lipinski definition) is 4. The van der Waals surface area contributed by atoms with E-state index < -0.39 is 0 Å². The highest BCUT2D eigenvalue weighted by molar-refractivity contribution is 5.87. The van der Waals surface area contributed by atoms with Crippen molar-refractivity contribution in [3.05, 3.63) is 60.8 Å². The summed E-state index contributed by atoms with van der Waals surface area (Å²) < 4.78 is 0. The molecule has 0 unspecified atom stereocenters. The summed E-state index contributed by atoms with van der Waals surface area (Å²) in [6, 6.07) is 18.9. The number of anilines is 2. The highest BCUT2D eigenvalue weighted by Gasteiger charge is 2.12. The van der Waals surface area contributed by atoms with Gasteiger partial charge in [0.15, 0.2) is 0 Å². The van der Waals surface area contributed by atoms with Gasteiger partial charge in [-0.25, -0.2) is 9.99 Å². The van der Waals surface area contributed by atoms with E-state index in [0.29, 0.717) is 0 Å². The number of H-pyrrole nitrogens is 1. The predicted octanol–water partition coefficient (Wildman–Crippen LogP) is 3.89. The van der Waals surface area contributed by atoms with Gasteiger partial charge in [-0.05, 0) is 42.2 Å². The van der Waals surface area contributed by atoms with Gasteiger partial charge in [0.1, 0.15) is 5.82 Å². The molecule has 0 radical (unpaired) electrons. The van der Waals surface area contributed by atoms with Crippen LogP contribution in [0.5, 0.6) is 0 Å². The van der Waals surface area contributed by atoms with Gasteiger partial charge in [0.25, 0.3) is 0 Å². The number of nitrogens with one attached hydrogen (secondary N) is 3. The summed E-state index contributed by atoms with van der Waals surface area (Å²) in [6.07, 6.45) is 4.04. The number of hydrogen-bond acceptors (Lipinski definition) is 6. The van der Waals surface area contributed by atoms with E-state index >= 15 is 0 Å². The number of aromatic amines is 1. The second-order valence-electron chi connectivity index (χ2n) is 7.87. The maximum absolute atomic E-state index is 5.89. The Kier molecular flexibility index (Phi) is 5.52. The Morgan fingerprint density at radius 3 is 2.84 bits per heavy atom. The zero-order chi connectivity index (χ0) is 21.0. The van der Waals surface area contributed by atoms with Crippen molar-refractivity contribution in [3.8, 4) is 22.4 Å². The first-order valence-corrected chi connectivity index (χ1v) is 10.8. The van der Waals surface area contributed by atoms with Crippen LogP contribution in [-0.2, 0) is 0 Å². The number of nitrogens with zero attached hydrogens (tertiary/aromatic N) is 3. The molecule has 3 heterocycles. The van der Waals surface area contributed by atoms with Crippen LogP contribution in [0.3, 0.4) is 0 Å². The van der Waals surface area contributed by atoms with Crippen LogP contribution in [0.1, 0.15) is 12.8 Å². The highest BCUT2D eigenvalue weighted by Crippen LogP contribution is 2.31. The number of benzene rings is 2. The van der Waals surface area contributed by atoms with Crippen LogP contribution in [0.25, 0.3) is 33.3 Å². The smallest absolute Gasteiger partial charge is 0.221 e. The number of rotatable bonds is 7. The lowest BCUT2D eigenvalue weighted by atomic mass is 10.0. The van der Waals surface area contributed by atoms with Crippen LogP contribution in [0.2, 0.25) is 0 Å². The minimum atomic E-state index is 0.277. The molecule has 7 heteroatoms. The lowest BCUT2D eigenvalue weighted by Crippen LogP contribution is -2.32. The summed E-state index contributed by atoms with van der Waals surface area (Å²) in [5, 5.41) is 6.94. The van der Waals surface area contributed by atoms with Crippen LogP contribution in [0, 0.1) is 0 Å². The zero-order valence-electron chi connectivity index (χ0n) is 17.4. The van der Waals surface area contributed by atoms with Gasteiger partial charge in [-0.2, -0.15) is 4.98 Å². The molecule has 0 bridgehead atoms. The Balaban J connectivity index is 1.37. The van der Waals surface area contributed by atoms with Gasteiger partial charge in [0.05, 0.1) is 0 Å². The number of nitrogen functional groups attached to an aromatic ring is 1. The first-order chi connectivity index (χ1) is 15.3. The maximum Gasteiger partial charge on any atom is 0.221 e. The monoisotopic (exact) mass is 413 g/mol. The highest BCUT2D eigenvalue weighted by atomic mass is 15.5. The molecule has 5 rings (SSSR count). The van der Waals surface area contributed by atoms with Crippen molar-refractivity contribution in [1.29, 1.82) is 0 Å². The Morgan fingerprint density at radius 2 is 1.97 bits per heavy atom. The lowest BCUT2D eigenvalue weighted by Gasteiger charge is -2.16. The van der Waals surface area contributed by atoms with E-state index in [1.807, 2.05) is 6.07 Å². The Bertz CT molecular complexity index is 1140. The van der Waals surface area contributed by atoms with Gasteiger partial charge in [0, 0.05) is 54.5 Å². The van der Waals surface area contributed by atoms with Crippen LogP contribution in [0.4, 0.5) is 11.8 Å². The molecule has 0 saturated carbocycles. The van der Waals surface area contributed by atoms with Crippen LogP contribution < -0.4 is 16.5 Å². The fraction of sp³-hybridized carbons (Fsp3) is 0.250. The number of fused-ring (bicyclic) bond motifs is 1. The van der Waals surface area contributed by atoms with Gasteiger partial charge in [-0.1, -0.05) is 36.4 Å². The molecule has 0 aliphatic carbocycles. The fourth-order valence-electron chi connectivity index (χ4n) is 4.08. The molecule has 0 spiro atoms. The summed E-state index contributed by atoms with van der Waals surface area (Å²) in [7, 11) is 0. The lowest BCUT2D eigenvalue weighted by molar-refractivity contribution is 0.253. The molecule has 31 heavy (non-hydrogen) atoms. The number of aromatic nitrogens is 3. The Morgan fingerprint density at radius 1 is 1.06 bits per heavy atom. The normalized spacial score (nSPS) is 14.3. The molecule has 0 amide bonds. The molecular formula is C24H27N7. The summed E-state index contributed by atoms with van der Waals surface area (Å²) >= 11 is 0. The third-order valence-corrected chi connectivity index (χ3v) is 5.66. The average molecular weight is 414 g/mol. The topological polar surface area (TPSA) is 94.9 Å². The van der Waals surface area contributed by atoms with Crippen molar-refractivity contribution >= 4 is 22.7 Å². The molecule has 0 atom stereocenters. The molecule has 7 nitrogen and oxygen atoms in total. The molecule has 1 fully saturated rings. The van der Waals surface area contributed by atoms with Gasteiger partial charge >= 0.3 is 0 Å². The van der Waals surface area contributed by atoms with Crippen molar-refractivity contribution in [2.24, 2.45) is 0 Å². The van der Waals surface area contributed by atoms with E-state index in [4.69, 9.17) is 5.73 Å². The second-order valence-corrected chi connectivity index (χ2v) is 7.87. The van der Waals surface area contributed by atoms with Crippen molar-refractivity contribution in [1.82, 2.24) is 25.4 Å². The third kappa shape index (κ3) is 4.38. The van der Waals surface area contributed by atoms with E-state index in [9.17, 15) is 0 Å². The molecule has 4 aromatic rings. The second kappa shape index (κ2) is 8.75. The molecule has 1 aliphatic rings. The van der Waals surface area contributed by atoms with E-state index in [2.05, 4.69) is 79.2 Å². The molecule has 2 aromatic heterocycles. The van der Waals surface area contributed by atoms with Gasteiger partial charge in [0.2, 0.25) is 5.95 Å². The summed E-state index contributed by atoms with van der Waals surface area (Å²) in [6.45, 7) is 4.03. The first kappa shape index (κ1) is 19.5. The van der Waals surface area contributed by atoms with Crippen molar-refractivity contribution in [3.63, 3.8) is 0 Å². The summed E-state index contributed by atoms with van der Waals surface area (Å²) in [5.74, 6) is 1.05. The van der Waals surface area contributed by atoms with Gasteiger partial charge in [-0.3, -0.25) is 5.43 Å². The standard InChI is InChI=1S/C24H27N7/c25-24-27-16-20(23(30-24)26-10-4-12-31-13-5-11-28-31)17-7-3-8-18(14-17)22-15-19-6-1-2-9-21(19)29-22/h1-3,6-9,14-16,28-29H,4-5,10-13H2,(H3,25,26,27,30). The third-order valence-electron chi connectivity index (χ3n) is 5.66. The SMILES string of the molecule is Nc1ncc(-c2cccc(-c3cc4ccccc4[nH]3)c2)c(NCCCN2CCCN2)n1. The Hall–Kier alpha value is -3.42. The molecule has 1 aliphatic heterocycles. The van der Waals surface area contributed by atoms with E-state index in [0.717, 1.165) is 66.3 Å². The van der Waals surface area contributed by atoms with Crippen LogP contribution in [-0.4, -0.2) is 46.1 Å². The predicted molar refractivity (Wildman–Crippen MR) is 126 cm³/mol. The van der Waals surface area contributed by atoms with E-state index in [1.165, 1.54) is 11.8 Å². The quantitative estimate of drug-likeness (QED) is 0.344.